The number of nitrogens with zero attached hydrogens (tertiary/aromatic N) is 3. The maximum absolute atomic E-state index is 12.6. The molecule has 1 aromatic carbocycles. The number of nitrogens with one attached hydrogen (secondary N) is 3. The van der Waals surface area contributed by atoms with E-state index in [1.165, 1.54) is 35.9 Å². The average Bonchev–Trinajstić information content (AvgIpc) is 3.21. The van der Waals surface area contributed by atoms with Crippen LogP contribution in [0.1, 0.15) is 52.7 Å². The number of hydrogen-bond donors (Lipinski definition) is 3. The van der Waals surface area contributed by atoms with Crippen molar-refractivity contribution in [3.05, 3.63) is 41.2 Å². The van der Waals surface area contributed by atoms with Gasteiger partial charge in [0, 0.05) is 25.6 Å². The maximum Gasteiger partial charge on any atom is 0.405 e. The van der Waals surface area contributed by atoms with E-state index in [1.54, 1.807) is 5.32 Å². The Balaban J connectivity index is 2.18. The van der Waals surface area contributed by atoms with Crippen molar-refractivity contribution < 1.29 is 31.9 Å². The molecule has 0 unspecified atom stereocenters. The smallest absolute Gasteiger partial charge is 0.355 e. The summed E-state index contributed by atoms with van der Waals surface area (Å²) in [6.45, 7) is -0.132. The normalized spacial score (nSPS) is 11.2. The lowest BCUT2D eigenvalue weighted by Gasteiger charge is -2.10. The van der Waals surface area contributed by atoms with E-state index in [2.05, 4.69) is 20.9 Å². The quantitative estimate of drug-likeness (QED) is 0.314. The van der Waals surface area contributed by atoms with E-state index in [0.717, 1.165) is 0 Å². The second-order valence-corrected chi connectivity index (χ2v) is 7.38. The minimum atomic E-state index is -4.52. The summed E-state index contributed by atoms with van der Waals surface area (Å²) in [5, 5.41) is 15.0. The van der Waals surface area contributed by atoms with Gasteiger partial charge in [-0.05, 0) is 43.5 Å². The fourth-order valence-corrected chi connectivity index (χ4v) is 3.01. The Bertz CT molecular complexity index is 976. The Kier molecular flexibility index (Phi) is 9.95. The fraction of sp³-hybridized carbons (Fsp3) is 0.476. The summed E-state index contributed by atoms with van der Waals surface area (Å²) < 4.78 is 50.8. The second-order valence-electron chi connectivity index (χ2n) is 7.38. The molecule has 0 saturated heterocycles. The van der Waals surface area contributed by atoms with Crippen LogP contribution in [0.25, 0.3) is 5.69 Å². The van der Waals surface area contributed by atoms with Gasteiger partial charge in [0.05, 0.1) is 18.1 Å². The number of alkyl halides is 4. The molecule has 0 aliphatic heterocycles. The highest BCUT2D eigenvalue weighted by Crippen LogP contribution is 2.18. The highest BCUT2D eigenvalue weighted by molar-refractivity contribution is 5.94. The fourth-order valence-electron chi connectivity index (χ4n) is 3.01. The van der Waals surface area contributed by atoms with E-state index < -0.39 is 31.2 Å². The van der Waals surface area contributed by atoms with Gasteiger partial charge < -0.3 is 16.0 Å². The van der Waals surface area contributed by atoms with Crippen molar-refractivity contribution in [2.45, 2.75) is 38.8 Å². The molecule has 186 valence electrons. The number of benzene rings is 1. The van der Waals surface area contributed by atoms with Gasteiger partial charge in [0.15, 0.2) is 5.69 Å². The molecule has 34 heavy (non-hydrogen) atoms. The van der Waals surface area contributed by atoms with E-state index in [-0.39, 0.29) is 30.3 Å². The Labute approximate surface area is 193 Å². The van der Waals surface area contributed by atoms with E-state index in [1.807, 2.05) is 0 Å². The van der Waals surface area contributed by atoms with Crippen LogP contribution in [0.4, 0.5) is 17.6 Å². The summed E-state index contributed by atoms with van der Waals surface area (Å²) in [6.07, 6.45) is -2.62. The Morgan fingerprint density at radius 3 is 2.24 bits per heavy atom. The number of unbranched alkanes of at least 4 members (excludes halogenated alkanes) is 2. The monoisotopic (exact) mass is 486 g/mol. The maximum atomic E-state index is 12.6. The SMILES string of the molecule is CC(=O)NCCNC(=O)c1nnn(-c2ccc(C(=O)NCC(F)(F)F)cc2)c1CCCCCF. The van der Waals surface area contributed by atoms with E-state index in [4.69, 9.17) is 0 Å². The van der Waals surface area contributed by atoms with Crippen molar-refractivity contribution in [1.29, 1.82) is 0 Å². The second kappa shape index (κ2) is 12.7. The molecule has 0 radical (unpaired) electrons. The first-order chi connectivity index (χ1) is 16.1. The molecule has 3 amide bonds. The zero-order valence-electron chi connectivity index (χ0n) is 18.5. The predicted molar refractivity (Wildman–Crippen MR) is 114 cm³/mol. The van der Waals surface area contributed by atoms with Crippen LogP contribution in [0.3, 0.4) is 0 Å². The van der Waals surface area contributed by atoms with Crippen molar-refractivity contribution in [1.82, 2.24) is 30.9 Å². The minimum absolute atomic E-state index is 0.0218. The number of carbonyl (C=O) groups is 3. The molecule has 1 heterocycles. The lowest BCUT2D eigenvalue weighted by molar-refractivity contribution is -0.123. The lowest BCUT2D eigenvalue weighted by atomic mass is 10.1. The number of rotatable bonds is 12. The third-order valence-electron chi connectivity index (χ3n) is 4.63. The zero-order chi connectivity index (χ0) is 25.1. The van der Waals surface area contributed by atoms with Crippen LogP contribution in [-0.2, 0) is 11.2 Å². The van der Waals surface area contributed by atoms with Crippen molar-refractivity contribution in [2.24, 2.45) is 0 Å². The molecule has 0 aliphatic rings. The summed E-state index contributed by atoms with van der Waals surface area (Å²) in [6, 6.07) is 5.62. The first kappa shape index (κ1) is 26.7. The van der Waals surface area contributed by atoms with Crippen LogP contribution in [0.2, 0.25) is 0 Å². The van der Waals surface area contributed by atoms with Crippen LogP contribution in [0, 0.1) is 0 Å². The molecule has 0 atom stereocenters. The molecule has 13 heteroatoms. The van der Waals surface area contributed by atoms with Gasteiger partial charge in [-0.2, -0.15) is 13.2 Å². The first-order valence-electron chi connectivity index (χ1n) is 10.6. The predicted octanol–water partition coefficient (Wildman–Crippen LogP) is 2.11. The molecule has 0 fully saturated rings. The molecule has 0 spiro atoms. The van der Waals surface area contributed by atoms with Gasteiger partial charge >= 0.3 is 6.18 Å². The van der Waals surface area contributed by atoms with Crippen LogP contribution in [0.5, 0.6) is 0 Å². The summed E-state index contributed by atoms with van der Waals surface area (Å²) in [7, 11) is 0. The molecular formula is C21H26F4N6O3. The van der Waals surface area contributed by atoms with Gasteiger partial charge in [-0.15, -0.1) is 5.10 Å². The number of aromatic nitrogens is 3. The molecule has 2 aromatic rings. The summed E-state index contributed by atoms with van der Waals surface area (Å²) in [4.78, 5) is 35.4. The minimum Gasteiger partial charge on any atom is -0.355 e. The lowest BCUT2D eigenvalue weighted by Crippen LogP contribution is -2.34. The largest absolute Gasteiger partial charge is 0.405 e. The standard InChI is InChI=1S/C21H26F4N6O3/c1-14(32)26-11-12-27-20(34)18-17(5-3-2-4-10-22)31(30-29-18)16-8-6-15(7-9-16)19(33)28-13-21(23,24)25/h6-9H,2-5,10-13H2,1H3,(H,26,32)(H,27,34)(H,28,33). The number of amides is 3. The third-order valence-corrected chi connectivity index (χ3v) is 4.63. The van der Waals surface area contributed by atoms with Crippen molar-refractivity contribution in [3.63, 3.8) is 0 Å². The van der Waals surface area contributed by atoms with E-state index in [0.29, 0.717) is 37.1 Å². The van der Waals surface area contributed by atoms with Crippen LogP contribution < -0.4 is 16.0 Å². The van der Waals surface area contributed by atoms with Crippen molar-refractivity contribution >= 4 is 17.7 Å². The summed E-state index contributed by atoms with van der Waals surface area (Å²) >= 11 is 0. The van der Waals surface area contributed by atoms with Gasteiger partial charge in [0.2, 0.25) is 5.91 Å². The van der Waals surface area contributed by atoms with Crippen LogP contribution >= 0.6 is 0 Å². The average molecular weight is 486 g/mol. The number of carbonyl (C=O) groups excluding carboxylic acids is 3. The van der Waals surface area contributed by atoms with Crippen LogP contribution in [0.15, 0.2) is 24.3 Å². The van der Waals surface area contributed by atoms with Crippen molar-refractivity contribution in [3.8, 4) is 5.69 Å². The van der Waals surface area contributed by atoms with Gasteiger partial charge in [0.25, 0.3) is 11.8 Å². The Morgan fingerprint density at radius 2 is 1.62 bits per heavy atom. The molecule has 3 N–H and O–H groups in total. The Morgan fingerprint density at radius 1 is 0.941 bits per heavy atom. The van der Waals surface area contributed by atoms with E-state index >= 15 is 0 Å². The number of halogens is 4. The molecule has 2 rings (SSSR count). The molecule has 0 aliphatic carbocycles. The summed E-state index contributed by atoms with van der Waals surface area (Å²) in [5.41, 5.74) is 0.992. The number of hydrogen-bond acceptors (Lipinski definition) is 5. The van der Waals surface area contributed by atoms with Gasteiger partial charge in [0.1, 0.15) is 6.54 Å². The summed E-state index contributed by atoms with van der Waals surface area (Å²) in [5.74, 6) is -1.61. The highest BCUT2D eigenvalue weighted by Gasteiger charge is 2.28. The van der Waals surface area contributed by atoms with Gasteiger partial charge in [-0.1, -0.05) is 11.6 Å². The molecular weight excluding hydrogens is 460 g/mol. The van der Waals surface area contributed by atoms with Gasteiger partial charge in [-0.3, -0.25) is 18.8 Å². The van der Waals surface area contributed by atoms with Gasteiger partial charge in [-0.25, -0.2) is 4.68 Å². The zero-order valence-corrected chi connectivity index (χ0v) is 18.5. The van der Waals surface area contributed by atoms with Crippen LogP contribution in [-0.4, -0.2) is 65.2 Å². The third kappa shape index (κ3) is 8.45. The molecule has 9 nitrogen and oxygen atoms in total. The Hall–Kier alpha value is -3.51. The molecule has 0 bridgehead atoms. The topological polar surface area (TPSA) is 118 Å². The van der Waals surface area contributed by atoms with Crippen molar-refractivity contribution in [2.75, 3.05) is 26.3 Å². The first-order valence-corrected chi connectivity index (χ1v) is 10.6. The highest BCUT2D eigenvalue weighted by atomic mass is 19.4. The molecule has 0 saturated carbocycles. The van der Waals surface area contributed by atoms with E-state index in [9.17, 15) is 31.9 Å². The molecule has 1 aromatic heterocycles.